The lowest BCUT2D eigenvalue weighted by Crippen LogP contribution is -2.05. The van der Waals surface area contributed by atoms with Gasteiger partial charge in [-0.25, -0.2) is 0 Å². The quantitative estimate of drug-likeness (QED) is 0.846. The maximum atomic E-state index is 10.5. The molecule has 1 atom stereocenters. The van der Waals surface area contributed by atoms with Crippen LogP contribution in [-0.4, -0.2) is 5.11 Å². The van der Waals surface area contributed by atoms with Crippen LogP contribution in [0.1, 0.15) is 28.4 Å². The van der Waals surface area contributed by atoms with Gasteiger partial charge in [-0.2, -0.15) is 0 Å². The van der Waals surface area contributed by atoms with Crippen molar-refractivity contribution >= 4 is 23.2 Å². The third-order valence-corrected chi connectivity index (χ3v) is 3.65. The minimum atomic E-state index is -0.752. The van der Waals surface area contributed by atoms with Crippen molar-refractivity contribution in [2.24, 2.45) is 0 Å². The molecule has 94 valence electrons. The number of hydrogen-bond acceptors (Lipinski definition) is 1. The number of aliphatic hydroxyl groups is 1. The number of rotatable bonds is 2. The number of halogens is 2. The van der Waals surface area contributed by atoms with Gasteiger partial charge in [-0.05, 0) is 48.7 Å². The molecule has 1 N–H and O–H groups in total. The zero-order chi connectivity index (χ0) is 13.3. The average molecular weight is 281 g/mol. The van der Waals surface area contributed by atoms with Gasteiger partial charge in [0.25, 0.3) is 0 Å². The fourth-order valence-corrected chi connectivity index (χ4v) is 2.54. The Morgan fingerprint density at radius 2 is 1.61 bits per heavy atom. The van der Waals surface area contributed by atoms with Crippen LogP contribution in [0.2, 0.25) is 10.0 Å². The van der Waals surface area contributed by atoms with Crippen molar-refractivity contribution in [1.82, 2.24) is 0 Å². The van der Waals surface area contributed by atoms with Crippen molar-refractivity contribution in [3.63, 3.8) is 0 Å². The zero-order valence-corrected chi connectivity index (χ0v) is 11.8. The fraction of sp³-hybridized carbons (Fsp3) is 0.200. The molecule has 2 rings (SSSR count). The van der Waals surface area contributed by atoms with Crippen LogP contribution in [0.4, 0.5) is 0 Å². The second kappa shape index (κ2) is 5.31. The van der Waals surface area contributed by atoms with Crippen LogP contribution < -0.4 is 0 Å². The minimum absolute atomic E-state index is 0.523. The van der Waals surface area contributed by atoms with E-state index in [1.54, 1.807) is 18.2 Å². The topological polar surface area (TPSA) is 20.2 Å². The summed E-state index contributed by atoms with van der Waals surface area (Å²) in [7, 11) is 0. The van der Waals surface area contributed by atoms with Crippen LogP contribution in [0.3, 0.4) is 0 Å². The van der Waals surface area contributed by atoms with Crippen molar-refractivity contribution in [1.29, 1.82) is 0 Å². The molecule has 0 amide bonds. The lowest BCUT2D eigenvalue weighted by Gasteiger charge is -2.18. The first-order chi connectivity index (χ1) is 8.50. The van der Waals surface area contributed by atoms with Crippen LogP contribution in [0, 0.1) is 13.8 Å². The maximum Gasteiger partial charge on any atom is 0.106 e. The van der Waals surface area contributed by atoms with E-state index in [0.717, 1.165) is 16.7 Å². The standard InChI is InChI=1S/C15H14Cl2O/c1-9-4-3-5-10(2)14(9)15(18)12-8-11(16)6-7-13(12)17/h3-8,15,18H,1-2H3. The Bertz CT molecular complexity index is 558. The SMILES string of the molecule is Cc1cccc(C)c1C(O)c1cc(Cl)ccc1Cl. The van der Waals surface area contributed by atoms with E-state index in [1.165, 1.54) is 0 Å². The smallest absolute Gasteiger partial charge is 0.106 e. The second-order valence-corrected chi connectivity index (χ2v) is 5.22. The van der Waals surface area contributed by atoms with Crippen molar-refractivity contribution in [3.05, 3.63) is 68.7 Å². The molecule has 0 heterocycles. The molecule has 3 heteroatoms. The molecule has 0 radical (unpaired) electrons. The van der Waals surface area contributed by atoms with Crippen LogP contribution in [0.15, 0.2) is 36.4 Å². The molecule has 0 aliphatic rings. The molecule has 0 saturated heterocycles. The summed E-state index contributed by atoms with van der Waals surface area (Å²) in [5, 5.41) is 11.6. The molecule has 1 nitrogen and oxygen atoms in total. The Labute approximate surface area is 117 Å². The number of aryl methyl sites for hydroxylation is 2. The van der Waals surface area contributed by atoms with Crippen LogP contribution in [0.5, 0.6) is 0 Å². The molecule has 0 aliphatic heterocycles. The summed E-state index contributed by atoms with van der Waals surface area (Å²) in [6.45, 7) is 3.95. The molecule has 1 unspecified atom stereocenters. The van der Waals surface area contributed by atoms with E-state index in [4.69, 9.17) is 23.2 Å². The fourth-order valence-electron chi connectivity index (χ4n) is 2.14. The monoisotopic (exact) mass is 280 g/mol. The van der Waals surface area contributed by atoms with Gasteiger partial charge in [-0.15, -0.1) is 0 Å². The Kier molecular flexibility index (Phi) is 3.96. The van der Waals surface area contributed by atoms with Gasteiger partial charge in [0.2, 0.25) is 0 Å². The average Bonchev–Trinajstić information content (AvgIpc) is 2.32. The third kappa shape index (κ3) is 2.54. The van der Waals surface area contributed by atoms with E-state index in [-0.39, 0.29) is 0 Å². The number of benzene rings is 2. The van der Waals surface area contributed by atoms with Gasteiger partial charge in [0, 0.05) is 15.6 Å². The van der Waals surface area contributed by atoms with Crippen molar-refractivity contribution < 1.29 is 5.11 Å². The van der Waals surface area contributed by atoms with Crippen LogP contribution in [0.25, 0.3) is 0 Å². The third-order valence-electron chi connectivity index (χ3n) is 3.07. The first-order valence-electron chi connectivity index (χ1n) is 5.70. The van der Waals surface area contributed by atoms with E-state index in [0.29, 0.717) is 15.6 Å². The molecule has 0 fully saturated rings. The van der Waals surface area contributed by atoms with Gasteiger partial charge in [-0.3, -0.25) is 0 Å². The van der Waals surface area contributed by atoms with Gasteiger partial charge in [0.1, 0.15) is 6.10 Å². The summed E-state index contributed by atoms with van der Waals surface area (Å²) in [6, 6.07) is 11.1. The van der Waals surface area contributed by atoms with Gasteiger partial charge < -0.3 is 5.11 Å². The molecule has 0 bridgehead atoms. The Morgan fingerprint density at radius 1 is 1.00 bits per heavy atom. The highest BCUT2D eigenvalue weighted by molar-refractivity contribution is 6.33. The normalized spacial score (nSPS) is 12.5. The molecular weight excluding hydrogens is 267 g/mol. The molecule has 2 aromatic carbocycles. The lowest BCUT2D eigenvalue weighted by molar-refractivity contribution is 0.219. The Balaban J connectivity index is 2.54. The minimum Gasteiger partial charge on any atom is -0.384 e. The van der Waals surface area contributed by atoms with Gasteiger partial charge in [0.05, 0.1) is 0 Å². The van der Waals surface area contributed by atoms with E-state index in [9.17, 15) is 5.11 Å². The van der Waals surface area contributed by atoms with Crippen molar-refractivity contribution in [3.8, 4) is 0 Å². The van der Waals surface area contributed by atoms with E-state index in [2.05, 4.69) is 0 Å². The first kappa shape index (κ1) is 13.4. The summed E-state index contributed by atoms with van der Waals surface area (Å²) in [5.41, 5.74) is 3.61. The van der Waals surface area contributed by atoms with Crippen LogP contribution in [-0.2, 0) is 0 Å². The number of aliphatic hydroxyl groups excluding tert-OH is 1. The molecule has 18 heavy (non-hydrogen) atoms. The number of hydrogen-bond donors (Lipinski definition) is 1. The largest absolute Gasteiger partial charge is 0.384 e. The van der Waals surface area contributed by atoms with Crippen molar-refractivity contribution in [2.75, 3.05) is 0 Å². The molecule has 0 aromatic heterocycles. The summed E-state index contributed by atoms with van der Waals surface area (Å²) in [5.74, 6) is 0. The molecule has 0 aliphatic carbocycles. The van der Waals surface area contributed by atoms with E-state index < -0.39 is 6.10 Å². The highest BCUT2D eigenvalue weighted by Crippen LogP contribution is 2.33. The first-order valence-corrected chi connectivity index (χ1v) is 6.45. The molecule has 0 spiro atoms. The summed E-state index contributed by atoms with van der Waals surface area (Å²) < 4.78 is 0. The van der Waals surface area contributed by atoms with Gasteiger partial charge in [-0.1, -0.05) is 41.4 Å². The van der Waals surface area contributed by atoms with Gasteiger partial charge in [0.15, 0.2) is 0 Å². The maximum absolute atomic E-state index is 10.5. The predicted molar refractivity (Wildman–Crippen MR) is 76.4 cm³/mol. The highest BCUT2D eigenvalue weighted by Gasteiger charge is 2.18. The second-order valence-electron chi connectivity index (χ2n) is 4.37. The van der Waals surface area contributed by atoms with E-state index in [1.807, 2.05) is 32.0 Å². The van der Waals surface area contributed by atoms with E-state index >= 15 is 0 Å². The predicted octanol–water partition coefficient (Wildman–Crippen LogP) is 4.69. The Hall–Kier alpha value is -1.02. The lowest BCUT2D eigenvalue weighted by atomic mass is 9.93. The zero-order valence-electron chi connectivity index (χ0n) is 10.2. The van der Waals surface area contributed by atoms with Gasteiger partial charge >= 0.3 is 0 Å². The summed E-state index contributed by atoms with van der Waals surface area (Å²) in [4.78, 5) is 0. The molecule has 0 saturated carbocycles. The van der Waals surface area contributed by atoms with Crippen LogP contribution >= 0.6 is 23.2 Å². The van der Waals surface area contributed by atoms with Crippen molar-refractivity contribution in [2.45, 2.75) is 20.0 Å². The Morgan fingerprint density at radius 3 is 2.22 bits per heavy atom. The summed E-state index contributed by atoms with van der Waals surface area (Å²) >= 11 is 12.1. The highest BCUT2D eigenvalue weighted by atomic mass is 35.5. The molecular formula is C15H14Cl2O. The molecule has 2 aromatic rings. The summed E-state index contributed by atoms with van der Waals surface area (Å²) in [6.07, 6.45) is -0.752.